The van der Waals surface area contributed by atoms with Crippen LogP contribution in [0.3, 0.4) is 0 Å². The van der Waals surface area contributed by atoms with Gasteiger partial charge in [0, 0.05) is 105 Å². The van der Waals surface area contributed by atoms with Gasteiger partial charge in [-0.05, 0) is 246 Å². The molecular weight excluding hydrogens is 1880 g/mol. The third-order valence-corrected chi connectivity index (χ3v) is 28.2. The number of amides is 20. The van der Waals surface area contributed by atoms with E-state index < -0.39 is 208 Å². The van der Waals surface area contributed by atoms with Gasteiger partial charge in [0.2, 0.25) is 118 Å². The van der Waals surface area contributed by atoms with Crippen LogP contribution in [0.5, 0.6) is 0 Å². The molecule has 20 amide bonds. The van der Waals surface area contributed by atoms with E-state index in [1.807, 2.05) is 45.0 Å². The van der Waals surface area contributed by atoms with E-state index in [9.17, 15) is 95.9 Å². The number of nitrogens with one attached hydrogen (secondary N) is 16. The number of carbonyl (C=O) groups excluding carboxylic acids is 20. The molecule has 5 saturated heterocycles. The Morgan fingerprint density at radius 1 is 0.438 bits per heavy atom. The number of hydrogen-bond acceptors (Lipinski definition) is 26. The van der Waals surface area contributed by atoms with Crippen LogP contribution in [0.4, 0.5) is 0 Å². The minimum atomic E-state index is -1.31. The number of aromatic amines is 1. The lowest BCUT2D eigenvalue weighted by Gasteiger charge is -2.38. The third-order valence-electron chi connectivity index (χ3n) is 26.9. The number of nitrogens with zero attached hydrogens (tertiary/aromatic N) is 4. The summed E-state index contributed by atoms with van der Waals surface area (Å²) in [5, 5.41) is 40.8. The highest BCUT2D eigenvalue weighted by atomic mass is 32.2. The number of likely N-dealkylation sites (tertiary alicyclic amines) is 3. The lowest BCUT2D eigenvalue weighted by atomic mass is 9.86. The van der Waals surface area contributed by atoms with Crippen LogP contribution in [-0.2, 0) is 102 Å². The van der Waals surface area contributed by atoms with Gasteiger partial charge in [0.1, 0.15) is 96.7 Å². The molecule has 1 aromatic carbocycles. The zero-order valence-electron chi connectivity index (χ0n) is 85.4. The van der Waals surface area contributed by atoms with E-state index in [1.54, 1.807) is 27.8 Å². The molecule has 5 aliphatic heterocycles. The molecule has 46 nitrogen and oxygen atoms in total. The predicted octanol–water partition coefficient (Wildman–Crippen LogP) is -3.72. The van der Waals surface area contributed by atoms with Crippen molar-refractivity contribution in [1.82, 2.24) is 104 Å². The number of fused-ring (bicyclic) bond motifs is 4. The molecule has 7 rings (SSSR count). The highest BCUT2D eigenvalue weighted by molar-refractivity contribution is 8.00. The molecule has 144 heavy (non-hydrogen) atoms. The summed E-state index contributed by atoms with van der Waals surface area (Å²) in [6, 6.07) is -11.6. The van der Waals surface area contributed by atoms with Gasteiger partial charge in [0.05, 0.1) is 0 Å². The number of primary amides is 1. The topological polar surface area (TPSA) is 707 Å². The average Bonchev–Trinajstić information content (AvgIpc) is 1.62. The maximum Gasteiger partial charge on any atom is 0.246 e. The number of para-hydroxylation sites is 1. The molecule has 0 radical (unpaired) electrons. The summed E-state index contributed by atoms with van der Waals surface area (Å²) in [5.74, 6) is -12.9. The molecule has 1 unspecified atom stereocenters. The number of aromatic nitrogens is 1. The molecular formula is C97H160N26O20S. The monoisotopic (exact) mass is 2040 g/mol. The summed E-state index contributed by atoms with van der Waals surface area (Å²) in [7, 11) is 0. The van der Waals surface area contributed by atoms with Gasteiger partial charge in [0.25, 0.3) is 0 Å². The van der Waals surface area contributed by atoms with E-state index in [-0.39, 0.29) is 151 Å². The minimum Gasteiger partial charge on any atom is -0.368 e. The van der Waals surface area contributed by atoms with Crippen molar-refractivity contribution in [3.05, 3.63) is 36.0 Å². The summed E-state index contributed by atoms with van der Waals surface area (Å²) in [6.45, 7) is 19.2. The fourth-order valence-corrected chi connectivity index (χ4v) is 19.7. The van der Waals surface area contributed by atoms with Crippen LogP contribution in [0.1, 0.15) is 236 Å². The van der Waals surface area contributed by atoms with Crippen molar-refractivity contribution in [2.45, 2.75) is 345 Å². The smallest absolute Gasteiger partial charge is 0.246 e. The summed E-state index contributed by atoms with van der Waals surface area (Å²) in [6.07, 6.45) is 9.33. The Hall–Kier alpha value is -11.7. The second kappa shape index (κ2) is 59.1. The zero-order valence-corrected chi connectivity index (χ0v) is 86.2. The summed E-state index contributed by atoms with van der Waals surface area (Å²) >= 11 is 1.64. The largest absolute Gasteiger partial charge is 0.368 e. The average molecular weight is 2040 g/mol. The number of unbranched alkanes of at least 4 members (excludes halogenated alkanes) is 5. The SMILES string of the molecule is CC(=O)NCCC(=O)N1C[C@H]2C[C@@H]1C(=O)N1C(CC[C@H]1C(=O)N[C@@H](C)C(=O)N[C@@H](C)C(=O)N[C@@H](C)C(=O)N[C@@H](C)C(=O)N[C@@H](CCCCN)C(=O)N[C@@H](C)C(=O)N[C@@H](C)C(=O)N[C@@H](C)C(=O)N[C@@H](CC(C)(C)C)C(=O)N1CCC(C(=O)N3CCC(C(=O)N[C@@H](CCCCN)C(=O)N[C@@H](CCCCN)C(=O)N[C@@H](CCCCN)C(=O)N[C@@H](CCCCN)C(=O)N[C@@H](Cc4c[nH]c5ccccc45)C(N)=O)CC3)CC1)CS2. The first-order chi connectivity index (χ1) is 68.3. The molecule has 1 aromatic heterocycles. The van der Waals surface area contributed by atoms with Crippen LogP contribution in [0.25, 0.3) is 10.9 Å². The summed E-state index contributed by atoms with van der Waals surface area (Å²) < 4.78 is 0. The molecule has 18 atom stereocenters. The number of rotatable bonds is 57. The number of benzene rings is 1. The second-order valence-corrected chi connectivity index (χ2v) is 41.2. The first-order valence-corrected chi connectivity index (χ1v) is 52.0. The van der Waals surface area contributed by atoms with Crippen molar-refractivity contribution in [3.8, 4) is 0 Å². The lowest BCUT2D eigenvalue weighted by molar-refractivity contribution is -0.148. The van der Waals surface area contributed by atoms with E-state index in [0.717, 1.165) is 16.5 Å². The quantitative estimate of drug-likeness (QED) is 0.0283. The fourth-order valence-electron chi connectivity index (χ4n) is 18.3. The first kappa shape index (κ1) is 119. The van der Waals surface area contributed by atoms with Gasteiger partial charge in [-0.1, -0.05) is 39.0 Å². The highest BCUT2D eigenvalue weighted by Crippen LogP contribution is 2.39. The summed E-state index contributed by atoms with van der Waals surface area (Å²) in [4.78, 5) is 285. The molecule has 0 spiro atoms. The molecule has 6 heterocycles. The van der Waals surface area contributed by atoms with Crippen molar-refractivity contribution >= 4 is 141 Å². The van der Waals surface area contributed by atoms with E-state index in [1.165, 1.54) is 65.2 Å². The number of piperidine rings is 2. The summed E-state index contributed by atoms with van der Waals surface area (Å²) in [5.41, 5.74) is 36.1. The second-order valence-electron chi connectivity index (χ2n) is 39.9. The van der Waals surface area contributed by atoms with Gasteiger partial charge >= 0.3 is 0 Å². The lowest BCUT2D eigenvalue weighted by Crippen LogP contribution is -2.59. The van der Waals surface area contributed by atoms with Gasteiger partial charge in [-0.25, -0.2) is 0 Å². The Labute approximate surface area is 846 Å². The van der Waals surface area contributed by atoms with Crippen LogP contribution >= 0.6 is 11.8 Å². The Morgan fingerprint density at radius 3 is 1.24 bits per heavy atom. The van der Waals surface area contributed by atoms with E-state index in [0.29, 0.717) is 122 Å². The Balaban J connectivity index is 0.843. The van der Waals surface area contributed by atoms with Crippen LogP contribution in [0.15, 0.2) is 30.5 Å². The Morgan fingerprint density at radius 2 is 0.812 bits per heavy atom. The molecule has 5 fully saturated rings. The van der Waals surface area contributed by atoms with Gasteiger partial charge in [0.15, 0.2) is 0 Å². The number of nitrogens with two attached hydrogens (primary N) is 6. The van der Waals surface area contributed by atoms with E-state index >= 15 is 0 Å². The van der Waals surface area contributed by atoms with Gasteiger partial charge in [-0.3, -0.25) is 95.9 Å². The number of H-pyrrole nitrogens is 1. The van der Waals surface area contributed by atoms with Crippen molar-refractivity contribution in [3.63, 3.8) is 0 Å². The van der Waals surface area contributed by atoms with Crippen LogP contribution in [0.2, 0.25) is 0 Å². The predicted molar refractivity (Wildman–Crippen MR) is 538 cm³/mol. The molecule has 0 saturated carbocycles. The van der Waals surface area contributed by atoms with Crippen LogP contribution < -0.4 is 114 Å². The zero-order chi connectivity index (χ0) is 106. The Kier molecular flexibility index (Phi) is 48.9. The highest BCUT2D eigenvalue weighted by Gasteiger charge is 2.51. The Bertz CT molecular complexity index is 4730. The number of carbonyl (C=O) groups is 20. The third kappa shape index (κ3) is 37.1. The maximum atomic E-state index is 14.6. The first-order valence-electron chi connectivity index (χ1n) is 51.0. The minimum absolute atomic E-state index is 0.00441. The molecule has 0 aliphatic carbocycles. The normalized spacial score (nSPS) is 19.5. The molecule has 47 heteroatoms. The van der Waals surface area contributed by atoms with E-state index in [2.05, 4.69) is 84.7 Å². The number of thioether (sulfide) groups is 1. The van der Waals surface area contributed by atoms with Crippen molar-refractivity contribution in [1.29, 1.82) is 0 Å². The molecule has 5 aliphatic rings. The van der Waals surface area contributed by atoms with Crippen molar-refractivity contribution in [2.24, 2.45) is 51.7 Å². The molecule has 804 valence electrons. The van der Waals surface area contributed by atoms with Crippen molar-refractivity contribution in [2.75, 3.05) is 77.7 Å². The van der Waals surface area contributed by atoms with Crippen LogP contribution in [-0.4, -0.2) is 328 Å². The van der Waals surface area contributed by atoms with Gasteiger partial charge in [-0.2, -0.15) is 11.8 Å². The van der Waals surface area contributed by atoms with E-state index in [4.69, 9.17) is 34.4 Å². The molecule has 2 bridgehead atoms. The van der Waals surface area contributed by atoms with Crippen molar-refractivity contribution < 1.29 is 95.9 Å². The standard InChI is InChI=1S/C97H160N26O20S/c1-54(108-84(131)58(5)112-93(140)76-32-31-65-53-144-66-49-77(96(143)123(65)76)122(52-66)78(125)33-43-104-61(8)124)80(127)106-55(2)81(128)109-59(6)85(132)113-69(26-14-19-38-98)88(135)111-57(4)83(130)107-56(3)82(129)110-60(7)86(133)119-75(50-97(9,10)11)95(142)121-46-36-63(37-47-121)94(141)120-44-34-62(35-45-120)87(134)114-70(27-15-20-39-99)89(136)115-71(28-16-21-40-100)90(137)116-72(29-17-22-41-101)91(138)117-73(30-18-23-42-102)92(139)118-74(79(103)126)48-64-51-105-68-25-13-12-24-67(64)68/h12-13,24-25,51,54-60,62-63,65-66,69-77,105H,14-23,26-50,52-53,98-102H2,1-11H3,(H2,103,126)(H,104,124)(H,106,127)(H,107,130)(H,108,131)(H,109,128)(H,110,129)(H,111,135)(H,112,140)(H,113,132)(H,114,134)(H,115,136)(H,116,137)(H,117,138)(H,118,139)(H,119,133)/t54-,55-,56-,57-,58-,59-,60-,65?,66+,69-,70-,71-,72-,73-,74-,75-,76-,77+/m0/s1. The fraction of sp³-hybridized carbons (Fsp3) is 0.711. The maximum absolute atomic E-state index is 14.6. The molecule has 28 N–H and O–H groups in total. The molecule has 2 aromatic rings. The van der Waals surface area contributed by atoms with Crippen LogP contribution in [0, 0.1) is 17.3 Å². The van der Waals surface area contributed by atoms with Gasteiger partial charge in [-0.15, -0.1) is 0 Å². The van der Waals surface area contributed by atoms with Gasteiger partial charge < -0.3 is 139 Å². The number of hydrogen-bond donors (Lipinski definition) is 22.